The third-order valence-electron chi connectivity index (χ3n) is 4.98. The number of fused-ring (bicyclic) bond motifs is 1. The van der Waals surface area contributed by atoms with E-state index in [1.165, 1.54) is 6.20 Å². The molecule has 1 aliphatic rings. The maximum atomic E-state index is 14.2. The Kier molecular flexibility index (Phi) is 6.42. The zero-order valence-corrected chi connectivity index (χ0v) is 17.2. The van der Waals surface area contributed by atoms with Crippen LogP contribution in [-0.4, -0.2) is 46.7 Å². The predicted octanol–water partition coefficient (Wildman–Crippen LogP) is 4.37. The molecule has 0 saturated carbocycles. The average molecular weight is 459 g/mol. The van der Waals surface area contributed by atoms with Crippen LogP contribution in [0, 0.1) is 5.82 Å². The second-order valence-electron chi connectivity index (χ2n) is 6.93. The number of carbonyl (C=O) groups excluding carboxylic acids is 1. The monoisotopic (exact) mass is 458 g/mol. The minimum atomic E-state index is -4.60. The summed E-state index contributed by atoms with van der Waals surface area (Å²) in [5.74, 6) is -0.904. The lowest BCUT2D eigenvalue weighted by Gasteiger charge is -2.27. The molecule has 0 unspecified atom stereocenters. The summed E-state index contributed by atoms with van der Waals surface area (Å²) in [6.45, 7) is 1.81. The normalized spacial score (nSPS) is 14.4. The molecule has 166 valence electrons. The molecule has 1 N–H and O–H groups in total. The van der Waals surface area contributed by atoms with Crippen molar-refractivity contribution < 1.29 is 27.1 Å². The number of carbonyl (C=O) groups is 1. The first-order valence-electron chi connectivity index (χ1n) is 9.20. The molecule has 1 saturated heterocycles. The lowest BCUT2D eigenvalue weighted by Crippen LogP contribution is -2.40. The average Bonchev–Trinajstić information content (AvgIpc) is 3.11. The van der Waals surface area contributed by atoms with Crippen LogP contribution in [0.25, 0.3) is 10.9 Å². The third kappa shape index (κ3) is 4.45. The third-order valence-corrected chi connectivity index (χ3v) is 4.98. The van der Waals surface area contributed by atoms with Crippen molar-refractivity contribution in [2.45, 2.75) is 6.18 Å². The number of aromatic nitrogens is 2. The standard InChI is InChI=1S/C20H18F4N4O2.ClH/c1-27-5-4-13-17(27)14(19(29)28-6-8-30-9-7-28)11-25-18(13)26-16-10-12(20(22,23)24)2-3-15(16)21;/h2-5,10-11H,6-9H2,1H3,(H,25,26);1H. The van der Waals surface area contributed by atoms with E-state index < -0.39 is 17.6 Å². The summed E-state index contributed by atoms with van der Waals surface area (Å²) in [6, 6.07) is 3.80. The van der Waals surface area contributed by atoms with Crippen LogP contribution < -0.4 is 5.32 Å². The van der Waals surface area contributed by atoms with E-state index in [1.807, 2.05) is 0 Å². The maximum Gasteiger partial charge on any atom is 0.416 e. The Labute approximate surface area is 181 Å². The molecule has 3 aromatic rings. The highest BCUT2D eigenvalue weighted by molar-refractivity contribution is 6.08. The first-order chi connectivity index (χ1) is 14.3. The fourth-order valence-electron chi connectivity index (χ4n) is 3.43. The van der Waals surface area contributed by atoms with Crippen LogP contribution >= 0.6 is 12.4 Å². The Morgan fingerprint density at radius 1 is 1.19 bits per heavy atom. The van der Waals surface area contributed by atoms with E-state index in [1.54, 1.807) is 28.8 Å². The summed E-state index contributed by atoms with van der Waals surface area (Å²) >= 11 is 0. The van der Waals surface area contributed by atoms with Gasteiger partial charge in [-0.15, -0.1) is 12.4 Å². The number of rotatable bonds is 3. The van der Waals surface area contributed by atoms with Gasteiger partial charge in [-0.3, -0.25) is 4.79 Å². The van der Waals surface area contributed by atoms with Gasteiger partial charge >= 0.3 is 6.18 Å². The molecule has 1 aliphatic heterocycles. The fraction of sp³-hybridized carbons (Fsp3) is 0.300. The number of pyridine rings is 1. The molecular weight excluding hydrogens is 440 g/mol. The van der Waals surface area contributed by atoms with Gasteiger partial charge in [-0.2, -0.15) is 13.2 Å². The van der Waals surface area contributed by atoms with Gasteiger partial charge in [0.05, 0.1) is 35.5 Å². The largest absolute Gasteiger partial charge is 0.416 e. The Morgan fingerprint density at radius 3 is 2.58 bits per heavy atom. The zero-order chi connectivity index (χ0) is 21.5. The highest BCUT2D eigenvalue weighted by Crippen LogP contribution is 2.34. The number of nitrogens with zero attached hydrogens (tertiary/aromatic N) is 3. The SMILES string of the molecule is Cl.Cn1ccc2c(Nc3cc(C(F)(F)F)ccc3F)ncc(C(=O)N3CCOCC3)c21. The highest BCUT2D eigenvalue weighted by Gasteiger charge is 2.31. The van der Waals surface area contributed by atoms with Gasteiger partial charge in [0.2, 0.25) is 0 Å². The van der Waals surface area contributed by atoms with Gasteiger partial charge in [-0.05, 0) is 24.3 Å². The van der Waals surface area contributed by atoms with E-state index in [2.05, 4.69) is 10.3 Å². The molecule has 0 aliphatic carbocycles. The van der Waals surface area contributed by atoms with Crippen LogP contribution in [0.3, 0.4) is 0 Å². The molecule has 0 bridgehead atoms. The molecule has 11 heteroatoms. The summed E-state index contributed by atoms with van der Waals surface area (Å²) in [6.07, 6.45) is -1.54. The molecule has 4 rings (SSSR count). The van der Waals surface area contributed by atoms with Crippen molar-refractivity contribution in [1.29, 1.82) is 0 Å². The smallest absolute Gasteiger partial charge is 0.378 e. The summed E-state index contributed by atoms with van der Waals surface area (Å²) < 4.78 is 60.1. The number of aryl methyl sites for hydroxylation is 1. The van der Waals surface area contributed by atoms with E-state index in [0.29, 0.717) is 54.9 Å². The number of amides is 1. The fourth-order valence-corrected chi connectivity index (χ4v) is 3.43. The molecule has 6 nitrogen and oxygen atoms in total. The van der Waals surface area contributed by atoms with Crippen molar-refractivity contribution in [3.8, 4) is 0 Å². The van der Waals surface area contributed by atoms with Crippen molar-refractivity contribution in [1.82, 2.24) is 14.5 Å². The number of hydrogen-bond donors (Lipinski definition) is 1. The number of alkyl halides is 3. The second-order valence-corrected chi connectivity index (χ2v) is 6.93. The van der Waals surface area contributed by atoms with E-state index in [9.17, 15) is 22.4 Å². The number of morpholine rings is 1. The molecular formula is C20H19ClF4N4O2. The van der Waals surface area contributed by atoms with E-state index >= 15 is 0 Å². The van der Waals surface area contributed by atoms with Crippen molar-refractivity contribution >= 4 is 40.7 Å². The van der Waals surface area contributed by atoms with Gasteiger partial charge in [0, 0.05) is 37.9 Å². The molecule has 2 aromatic heterocycles. The van der Waals surface area contributed by atoms with Crippen molar-refractivity contribution in [3.05, 3.63) is 53.6 Å². The second kappa shape index (κ2) is 8.72. The van der Waals surface area contributed by atoms with Gasteiger partial charge in [0.25, 0.3) is 5.91 Å². The molecule has 1 aromatic carbocycles. The maximum absolute atomic E-state index is 14.2. The summed E-state index contributed by atoms with van der Waals surface area (Å²) in [4.78, 5) is 18.8. The van der Waals surface area contributed by atoms with Crippen LogP contribution in [0.5, 0.6) is 0 Å². The summed E-state index contributed by atoms with van der Waals surface area (Å²) in [7, 11) is 1.74. The molecule has 0 spiro atoms. The number of benzene rings is 1. The molecule has 3 heterocycles. The molecule has 1 fully saturated rings. The van der Waals surface area contributed by atoms with Gasteiger partial charge in [-0.1, -0.05) is 0 Å². The Hall–Kier alpha value is -2.85. The minimum absolute atomic E-state index is 0. The van der Waals surface area contributed by atoms with Crippen LogP contribution in [0.1, 0.15) is 15.9 Å². The zero-order valence-electron chi connectivity index (χ0n) is 16.4. The van der Waals surface area contributed by atoms with Crippen molar-refractivity contribution in [2.75, 3.05) is 31.6 Å². The van der Waals surface area contributed by atoms with Crippen molar-refractivity contribution in [3.63, 3.8) is 0 Å². The summed E-state index contributed by atoms with van der Waals surface area (Å²) in [5, 5.41) is 3.14. The molecule has 31 heavy (non-hydrogen) atoms. The van der Waals surface area contributed by atoms with Gasteiger partial charge in [0.1, 0.15) is 11.6 Å². The molecule has 1 amide bonds. The van der Waals surface area contributed by atoms with Gasteiger partial charge in [0.15, 0.2) is 0 Å². The minimum Gasteiger partial charge on any atom is -0.378 e. The quantitative estimate of drug-likeness (QED) is 0.592. The van der Waals surface area contributed by atoms with Crippen LogP contribution in [0.4, 0.5) is 29.1 Å². The van der Waals surface area contributed by atoms with Crippen molar-refractivity contribution in [2.24, 2.45) is 7.05 Å². The first-order valence-corrected chi connectivity index (χ1v) is 9.20. The Morgan fingerprint density at radius 2 is 1.90 bits per heavy atom. The lowest BCUT2D eigenvalue weighted by atomic mass is 10.1. The Balaban J connectivity index is 0.00000272. The number of ether oxygens (including phenoxy) is 1. The number of anilines is 2. The predicted molar refractivity (Wildman–Crippen MR) is 109 cm³/mol. The topological polar surface area (TPSA) is 59.4 Å². The Bertz CT molecular complexity index is 1110. The van der Waals surface area contributed by atoms with Crippen LogP contribution in [-0.2, 0) is 18.0 Å². The highest BCUT2D eigenvalue weighted by atomic mass is 35.5. The number of nitrogens with one attached hydrogen (secondary N) is 1. The number of hydrogen-bond acceptors (Lipinski definition) is 4. The van der Waals surface area contributed by atoms with Crippen LogP contribution in [0.15, 0.2) is 36.7 Å². The van der Waals surface area contributed by atoms with Gasteiger partial charge in [-0.25, -0.2) is 9.37 Å². The molecule has 0 radical (unpaired) electrons. The lowest BCUT2D eigenvalue weighted by molar-refractivity contribution is -0.137. The van der Waals surface area contributed by atoms with E-state index in [-0.39, 0.29) is 29.8 Å². The van der Waals surface area contributed by atoms with E-state index in [0.717, 1.165) is 6.07 Å². The van der Waals surface area contributed by atoms with Crippen LogP contribution in [0.2, 0.25) is 0 Å². The first kappa shape index (κ1) is 22.8. The summed E-state index contributed by atoms with van der Waals surface area (Å²) in [5.41, 5.74) is -0.421. The molecule has 0 atom stereocenters. The van der Waals surface area contributed by atoms with Gasteiger partial charge < -0.3 is 19.5 Å². The number of halogens is 5. The van der Waals surface area contributed by atoms with E-state index in [4.69, 9.17) is 4.74 Å².